The van der Waals surface area contributed by atoms with Gasteiger partial charge in [-0.15, -0.1) is 0 Å². The van der Waals surface area contributed by atoms with Gasteiger partial charge in [0.15, 0.2) is 29.6 Å². The molecule has 0 aliphatic rings. The van der Waals surface area contributed by atoms with Crippen molar-refractivity contribution in [3.8, 4) is 23.0 Å². The summed E-state index contributed by atoms with van der Waals surface area (Å²) in [5.74, 6) is 1.52. The van der Waals surface area contributed by atoms with E-state index in [-0.39, 0.29) is 18.9 Å². The van der Waals surface area contributed by atoms with Crippen molar-refractivity contribution >= 4 is 11.9 Å². The first-order chi connectivity index (χ1) is 14.9. The van der Waals surface area contributed by atoms with Crippen molar-refractivity contribution < 1.29 is 33.3 Å². The first kappa shape index (κ1) is 23.9. The second kappa shape index (κ2) is 11.7. The first-order valence-corrected chi connectivity index (χ1v) is 9.80. The van der Waals surface area contributed by atoms with Crippen molar-refractivity contribution in [3.05, 3.63) is 47.5 Å². The van der Waals surface area contributed by atoms with Crippen molar-refractivity contribution in [2.45, 2.75) is 19.9 Å². The van der Waals surface area contributed by atoms with Gasteiger partial charge in [0.2, 0.25) is 0 Å². The van der Waals surface area contributed by atoms with E-state index in [4.69, 9.17) is 23.7 Å². The van der Waals surface area contributed by atoms with Gasteiger partial charge in [-0.3, -0.25) is 9.59 Å². The number of benzene rings is 2. The Kier molecular flexibility index (Phi) is 8.99. The van der Waals surface area contributed by atoms with Crippen LogP contribution >= 0.6 is 0 Å². The average molecular weight is 431 g/mol. The molecule has 0 radical (unpaired) electrons. The molecular formula is C23H29NO7. The summed E-state index contributed by atoms with van der Waals surface area (Å²) in [5.41, 5.74) is 1.58. The number of esters is 1. The van der Waals surface area contributed by atoms with Gasteiger partial charge >= 0.3 is 5.97 Å². The molecule has 8 heteroatoms. The summed E-state index contributed by atoms with van der Waals surface area (Å²) in [6.45, 7) is 2.38. The summed E-state index contributed by atoms with van der Waals surface area (Å²) < 4.78 is 26.2. The van der Waals surface area contributed by atoms with Gasteiger partial charge in [0.1, 0.15) is 0 Å². The van der Waals surface area contributed by atoms with Crippen LogP contribution in [-0.2, 0) is 27.3 Å². The topological polar surface area (TPSA) is 83.5 Å². The molecule has 0 spiro atoms. The van der Waals surface area contributed by atoms with Crippen molar-refractivity contribution in [1.29, 1.82) is 0 Å². The van der Waals surface area contributed by atoms with Crippen LogP contribution in [0.15, 0.2) is 36.4 Å². The summed E-state index contributed by atoms with van der Waals surface area (Å²) in [6, 6.07) is 10.6. The normalized spacial score (nSPS) is 10.2. The number of methoxy groups -OCH3 is 4. The Balaban J connectivity index is 1.93. The van der Waals surface area contributed by atoms with Crippen LogP contribution in [0.1, 0.15) is 18.1 Å². The lowest BCUT2D eigenvalue weighted by Gasteiger charge is -2.21. The summed E-state index contributed by atoms with van der Waals surface area (Å²) in [5, 5.41) is 0. The monoisotopic (exact) mass is 431 g/mol. The van der Waals surface area contributed by atoms with Crippen LogP contribution < -0.4 is 18.9 Å². The fraction of sp³-hybridized carbons (Fsp3) is 0.391. The van der Waals surface area contributed by atoms with E-state index in [0.717, 1.165) is 5.56 Å². The number of rotatable bonds is 11. The predicted octanol–water partition coefficient (Wildman–Crippen LogP) is 2.86. The fourth-order valence-electron chi connectivity index (χ4n) is 3.02. The number of likely N-dealkylation sites (N-methyl/N-ethyl adjacent to an activating group) is 1. The highest BCUT2D eigenvalue weighted by molar-refractivity contribution is 5.81. The molecule has 0 saturated carbocycles. The molecule has 0 aliphatic heterocycles. The summed E-state index contributed by atoms with van der Waals surface area (Å²) >= 11 is 0. The highest BCUT2D eigenvalue weighted by Gasteiger charge is 2.17. The third-order valence-electron chi connectivity index (χ3n) is 4.71. The predicted molar refractivity (Wildman–Crippen MR) is 115 cm³/mol. The van der Waals surface area contributed by atoms with Crippen molar-refractivity contribution in [2.75, 3.05) is 41.6 Å². The van der Waals surface area contributed by atoms with Crippen molar-refractivity contribution in [3.63, 3.8) is 0 Å². The van der Waals surface area contributed by atoms with Gasteiger partial charge in [-0.05, 0) is 42.3 Å². The Hall–Kier alpha value is -3.42. The van der Waals surface area contributed by atoms with Crippen LogP contribution in [0.3, 0.4) is 0 Å². The molecule has 2 aromatic carbocycles. The van der Waals surface area contributed by atoms with E-state index >= 15 is 0 Å². The maximum atomic E-state index is 12.6. The average Bonchev–Trinajstić information content (AvgIpc) is 2.80. The number of nitrogens with zero attached hydrogens (tertiary/aromatic N) is 1. The molecule has 31 heavy (non-hydrogen) atoms. The molecule has 0 fully saturated rings. The summed E-state index contributed by atoms with van der Waals surface area (Å²) in [6.07, 6.45) is 0.0233. The number of carbonyl (C=O) groups excluding carboxylic acids is 2. The molecule has 2 aromatic rings. The smallest absolute Gasteiger partial charge is 0.310 e. The lowest BCUT2D eigenvalue weighted by atomic mass is 10.1. The molecule has 0 aromatic heterocycles. The Morgan fingerprint density at radius 2 is 1.29 bits per heavy atom. The van der Waals surface area contributed by atoms with Crippen LogP contribution in [-0.4, -0.2) is 58.4 Å². The van der Waals surface area contributed by atoms with Gasteiger partial charge in [0.05, 0.1) is 34.9 Å². The SMILES string of the molecule is CCN(Cc1ccc(OC)c(OC)c1)C(=O)COC(=O)Cc1ccc(OC)c(OC)c1. The third kappa shape index (κ3) is 6.53. The zero-order chi connectivity index (χ0) is 22.8. The molecule has 0 bridgehead atoms. The number of ether oxygens (including phenoxy) is 5. The molecule has 0 unspecified atom stereocenters. The van der Waals surface area contributed by atoms with Crippen molar-refractivity contribution in [2.24, 2.45) is 0 Å². The quantitative estimate of drug-likeness (QED) is 0.506. The van der Waals surface area contributed by atoms with E-state index in [1.165, 1.54) is 7.11 Å². The number of hydrogen-bond donors (Lipinski definition) is 0. The third-order valence-corrected chi connectivity index (χ3v) is 4.71. The number of hydrogen-bond acceptors (Lipinski definition) is 7. The largest absolute Gasteiger partial charge is 0.493 e. The molecule has 0 atom stereocenters. The Bertz CT molecular complexity index is 897. The minimum atomic E-state index is -0.497. The van der Waals surface area contributed by atoms with E-state index in [9.17, 15) is 9.59 Å². The van der Waals surface area contributed by atoms with E-state index in [0.29, 0.717) is 41.7 Å². The molecule has 168 valence electrons. The van der Waals surface area contributed by atoms with Gasteiger partial charge in [-0.25, -0.2) is 0 Å². The number of amides is 1. The molecule has 1 amide bonds. The maximum Gasteiger partial charge on any atom is 0.310 e. The second-order valence-electron chi connectivity index (χ2n) is 6.62. The van der Waals surface area contributed by atoms with Crippen LogP contribution in [0.25, 0.3) is 0 Å². The molecule has 0 aliphatic carbocycles. The first-order valence-electron chi connectivity index (χ1n) is 9.80. The van der Waals surface area contributed by atoms with E-state index in [1.54, 1.807) is 50.5 Å². The van der Waals surface area contributed by atoms with Gasteiger partial charge in [0, 0.05) is 13.1 Å². The van der Waals surface area contributed by atoms with Gasteiger partial charge < -0.3 is 28.6 Å². The Morgan fingerprint density at radius 3 is 1.81 bits per heavy atom. The van der Waals surface area contributed by atoms with E-state index < -0.39 is 5.97 Å². The molecule has 0 saturated heterocycles. The standard InChI is InChI=1S/C23H29NO7/c1-6-24(14-17-8-10-19(28-3)21(12-17)30-5)22(25)15-31-23(26)13-16-7-9-18(27-2)20(11-16)29-4/h7-12H,6,13-15H2,1-5H3. The van der Waals surface area contributed by atoms with Crippen LogP contribution in [0.5, 0.6) is 23.0 Å². The van der Waals surface area contributed by atoms with Crippen LogP contribution in [0.2, 0.25) is 0 Å². The minimum absolute atomic E-state index is 0.0233. The summed E-state index contributed by atoms with van der Waals surface area (Å²) in [7, 11) is 6.19. The summed E-state index contributed by atoms with van der Waals surface area (Å²) in [4.78, 5) is 26.4. The maximum absolute atomic E-state index is 12.6. The second-order valence-corrected chi connectivity index (χ2v) is 6.62. The zero-order valence-corrected chi connectivity index (χ0v) is 18.6. The minimum Gasteiger partial charge on any atom is -0.493 e. The zero-order valence-electron chi connectivity index (χ0n) is 18.6. The van der Waals surface area contributed by atoms with Crippen LogP contribution in [0, 0.1) is 0 Å². The molecule has 0 N–H and O–H groups in total. The number of carbonyl (C=O) groups is 2. The fourth-order valence-corrected chi connectivity index (χ4v) is 3.02. The van der Waals surface area contributed by atoms with Gasteiger partial charge in [-0.1, -0.05) is 12.1 Å². The lowest BCUT2D eigenvalue weighted by Crippen LogP contribution is -2.34. The molecule has 8 nitrogen and oxygen atoms in total. The van der Waals surface area contributed by atoms with Gasteiger partial charge in [-0.2, -0.15) is 0 Å². The van der Waals surface area contributed by atoms with E-state index in [2.05, 4.69) is 0 Å². The Morgan fingerprint density at radius 1 is 0.774 bits per heavy atom. The lowest BCUT2D eigenvalue weighted by molar-refractivity contribution is -0.151. The van der Waals surface area contributed by atoms with Crippen molar-refractivity contribution in [1.82, 2.24) is 4.90 Å². The highest BCUT2D eigenvalue weighted by atomic mass is 16.5. The molecule has 0 heterocycles. The van der Waals surface area contributed by atoms with Gasteiger partial charge in [0.25, 0.3) is 5.91 Å². The highest BCUT2D eigenvalue weighted by Crippen LogP contribution is 2.29. The van der Waals surface area contributed by atoms with E-state index in [1.807, 2.05) is 19.1 Å². The Labute approximate surface area is 182 Å². The molecule has 2 rings (SSSR count). The van der Waals surface area contributed by atoms with Crippen LogP contribution in [0.4, 0.5) is 0 Å². The molecular weight excluding hydrogens is 402 g/mol.